The van der Waals surface area contributed by atoms with E-state index in [1.54, 1.807) is 0 Å². The topological polar surface area (TPSA) is 20.2 Å². The molecule has 0 aliphatic rings. The van der Waals surface area contributed by atoms with E-state index in [0.717, 1.165) is 0 Å². The molecule has 96 valence electrons. The first-order chi connectivity index (χ1) is 9.22. The molecule has 0 saturated heterocycles. The van der Waals surface area contributed by atoms with Crippen molar-refractivity contribution in [3.05, 3.63) is 59.2 Å². The van der Waals surface area contributed by atoms with Gasteiger partial charge in [-0.25, -0.2) is 0 Å². The Morgan fingerprint density at radius 3 is 2.26 bits per heavy atom. The van der Waals surface area contributed by atoms with Crippen molar-refractivity contribution in [3.8, 4) is 0 Å². The van der Waals surface area contributed by atoms with Crippen LogP contribution in [0.5, 0.6) is 0 Å². The normalized spacial score (nSPS) is 11.3. The average molecular weight is 250 g/mol. The van der Waals surface area contributed by atoms with Crippen molar-refractivity contribution in [2.75, 3.05) is 6.61 Å². The van der Waals surface area contributed by atoms with E-state index in [1.165, 1.54) is 38.2 Å². The van der Waals surface area contributed by atoms with Crippen LogP contribution in [-0.2, 0) is 6.42 Å². The third-order valence-electron chi connectivity index (χ3n) is 3.92. The molecule has 1 heteroatoms. The van der Waals surface area contributed by atoms with E-state index in [-0.39, 0.29) is 6.61 Å². The number of hydrogen-bond acceptors (Lipinski definition) is 1. The van der Waals surface area contributed by atoms with Crippen molar-refractivity contribution in [2.45, 2.75) is 20.3 Å². The largest absolute Gasteiger partial charge is 0.396 e. The Balaban J connectivity index is 2.53. The van der Waals surface area contributed by atoms with Gasteiger partial charge in [0.1, 0.15) is 0 Å². The molecule has 0 bridgehead atoms. The van der Waals surface area contributed by atoms with Gasteiger partial charge in [-0.3, -0.25) is 0 Å². The van der Waals surface area contributed by atoms with Crippen molar-refractivity contribution in [1.82, 2.24) is 0 Å². The fraction of sp³-hybridized carbons (Fsp3) is 0.222. The molecule has 3 rings (SSSR count). The van der Waals surface area contributed by atoms with Crippen molar-refractivity contribution in [3.63, 3.8) is 0 Å². The Labute approximate surface area is 113 Å². The molecule has 0 atom stereocenters. The van der Waals surface area contributed by atoms with Crippen LogP contribution in [0.4, 0.5) is 0 Å². The molecular formula is C18H18O. The van der Waals surface area contributed by atoms with E-state index >= 15 is 0 Å². The van der Waals surface area contributed by atoms with Crippen LogP contribution in [0.3, 0.4) is 0 Å². The smallest absolute Gasteiger partial charge is 0.0471 e. The first kappa shape index (κ1) is 12.2. The number of rotatable bonds is 2. The molecule has 1 nitrogen and oxygen atoms in total. The maximum atomic E-state index is 9.36. The van der Waals surface area contributed by atoms with Crippen LogP contribution in [0.15, 0.2) is 42.5 Å². The number of hydrogen-bond donors (Lipinski definition) is 1. The molecule has 0 unspecified atom stereocenters. The number of aliphatic hydroxyl groups is 1. The van der Waals surface area contributed by atoms with Crippen LogP contribution < -0.4 is 0 Å². The fourth-order valence-corrected chi connectivity index (χ4v) is 2.98. The van der Waals surface area contributed by atoms with Crippen molar-refractivity contribution >= 4 is 21.5 Å². The Hall–Kier alpha value is -1.86. The summed E-state index contributed by atoms with van der Waals surface area (Å²) in [7, 11) is 0. The molecular weight excluding hydrogens is 232 g/mol. The predicted octanol–water partition coefficient (Wildman–Crippen LogP) is 4.14. The first-order valence-corrected chi connectivity index (χ1v) is 6.74. The van der Waals surface area contributed by atoms with Crippen LogP contribution in [0, 0.1) is 13.8 Å². The van der Waals surface area contributed by atoms with Gasteiger partial charge in [0, 0.05) is 6.61 Å². The van der Waals surface area contributed by atoms with Crippen LogP contribution >= 0.6 is 0 Å². The zero-order chi connectivity index (χ0) is 13.4. The van der Waals surface area contributed by atoms with E-state index in [1.807, 2.05) is 0 Å². The van der Waals surface area contributed by atoms with E-state index < -0.39 is 0 Å². The van der Waals surface area contributed by atoms with Gasteiger partial charge in [0.25, 0.3) is 0 Å². The van der Waals surface area contributed by atoms with E-state index in [0.29, 0.717) is 6.42 Å². The molecule has 3 aromatic carbocycles. The summed E-state index contributed by atoms with van der Waals surface area (Å²) >= 11 is 0. The van der Waals surface area contributed by atoms with Crippen LogP contribution in [-0.4, -0.2) is 11.7 Å². The molecule has 0 aliphatic carbocycles. The molecule has 0 aliphatic heterocycles. The molecule has 0 saturated carbocycles. The van der Waals surface area contributed by atoms with Gasteiger partial charge in [0.05, 0.1) is 0 Å². The minimum Gasteiger partial charge on any atom is -0.396 e. The van der Waals surface area contributed by atoms with Crippen LogP contribution in [0.2, 0.25) is 0 Å². The highest BCUT2D eigenvalue weighted by atomic mass is 16.2. The first-order valence-electron chi connectivity index (χ1n) is 6.74. The van der Waals surface area contributed by atoms with E-state index in [2.05, 4.69) is 56.3 Å². The van der Waals surface area contributed by atoms with Gasteiger partial charge >= 0.3 is 0 Å². The van der Waals surface area contributed by atoms with E-state index in [4.69, 9.17) is 0 Å². The zero-order valence-corrected chi connectivity index (χ0v) is 11.4. The number of fused-ring (bicyclic) bond motifs is 2. The van der Waals surface area contributed by atoms with Crippen molar-refractivity contribution in [1.29, 1.82) is 0 Å². The highest BCUT2D eigenvalue weighted by Crippen LogP contribution is 2.33. The summed E-state index contributed by atoms with van der Waals surface area (Å²) in [6, 6.07) is 15.1. The lowest BCUT2D eigenvalue weighted by Crippen LogP contribution is -1.96. The summed E-state index contributed by atoms with van der Waals surface area (Å²) in [5.74, 6) is 0. The van der Waals surface area contributed by atoms with Crippen LogP contribution in [0.25, 0.3) is 21.5 Å². The highest BCUT2D eigenvalue weighted by molar-refractivity contribution is 6.05. The third-order valence-corrected chi connectivity index (χ3v) is 3.92. The standard InChI is InChI=1S/C18H18O/c1-12-7-8-16-17(9-10-19)15-6-4-3-5-14(15)13(2)18(16)11-12/h3-8,11,19H,9-10H2,1-2H3. The number of benzene rings is 3. The summed E-state index contributed by atoms with van der Waals surface area (Å²) in [5.41, 5.74) is 3.87. The quantitative estimate of drug-likeness (QED) is 0.678. The molecule has 0 heterocycles. The molecule has 19 heavy (non-hydrogen) atoms. The monoisotopic (exact) mass is 250 g/mol. The fourth-order valence-electron chi connectivity index (χ4n) is 2.98. The number of aryl methyl sites for hydroxylation is 2. The summed E-state index contributed by atoms with van der Waals surface area (Å²) in [5, 5.41) is 14.5. The van der Waals surface area contributed by atoms with Crippen molar-refractivity contribution in [2.24, 2.45) is 0 Å². The highest BCUT2D eigenvalue weighted by Gasteiger charge is 2.10. The molecule has 1 N–H and O–H groups in total. The van der Waals surface area contributed by atoms with Gasteiger partial charge in [-0.15, -0.1) is 0 Å². The maximum absolute atomic E-state index is 9.36. The summed E-state index contributed by atoms with van der Waals surface area (Å²) in [6.07, 6.45) is 0.709. The summed E-state index contributed by atoms with van der Waals surface area (Å²) in [4.78, 5) is 0. The van der Waals surface area contributed by atoms with Gasteiger partial charge in [-0.2, -0.15) is 0 Å². The van der Waals surface area contributed by atoms with Gasteiger partial charge in [0.2, 0.25) is 0 Å². The van der Waals surface area contributed by atoms with Crippen molar-refractivity contribution < 1.29 is 5.11 Å². The lowest BCUT2D eigenvalue weighted by Gasteiger charge is -2.14. The summed E-state index contributed by atoms with van der Waals surface area (Å²) in [6.45, 7) is 4.50. The summed E-state index contributed by atoms with van der Waals surface area (Å²) < 4.78 is 0. The van der Waals surface area contributed by atoms with Gasteiger partial charge in [0.15, 0.2) is 0 Å². The van der Waals surface area contributed by atoms with E-state index in [9.17, 15) is 5.11 Å². The molecule has 0 radical (unpaired) electrons. The SMILES string of the molecule is Cc1ccc2c(CCO)c3ccccc3c(C)c2c1. The average Bonchev–Trinajstić information content (AvgIpc) is 2.44. The van der Waals surface area contributed by atoms with Gasteiger partial charge < -0.3 is 5.11 Å². The minimum absolute atomic E-state index is 0.191. The lowest BCUT2D eigenvalue weighted by molar-refractivity contribution is 0.300. The Morgan fingerprint density at radius 1 is 0.842 bits per heavy atom. The molecule has 0 spiro atoms. The minimum atomic E-state index is 0.191. The Morgan fingerprint density at radius 2 is 1.53 bits per heavy atom. The molecule has 0 amide bonds. The second-order valence-electron chi connectivity index (χ2n) is 5.17. The second-order valence-corrected chi connectivity index (χ2v) is 5.17. The maximum Gasteiger partial charge on any atom is 0.0471 e. The number of aliphatic hydroxyl groups excluding tert-OH is 1. The van der Waals surface area contributed by atoms with Gasteiger partial charge in [-0.05, 0) is 52.9 Å². The van der Waals surface area contributed by atoms with Crippen LogP contribution in [0.1, 0.15) is 16.7 Å². The Bertz CT molecular complexity index is 756. The third kappa shape index (κ3) is 1.91. The molecule has 0 fully saturated rings. The molecule has 3 aromatic rings. The second kappa shape index (κ2) is 4.67. The molecule has 0 aromatic heterocycles. The van der Waals surface area contributed by atoms with Gasteiger partial charge in [-0.1, -0.05) is 48.0 Å². The Kier molecular flexibility index (Phi) is 3.00. The lowest BCUT2D eigenvalue weighted by atomic mass is 9.90. The predicted molar refractivity (Wildman–Crippen MR) is 81.7 cm³/mol. The zero-order valence-electron chi connectivity index (χ0n) is 11.4.